The zero-order valence-electron chi connectivity index (χ0n) is 10.6. The molecule has 4 nitrogen and oxygen atoms in total. The Morgan fingerprint density at radius 3 is 2.68 bits per heavy atom. The van der Waals surface area contributed by atoms with Crippen LogP contribution >= 0.6 is 0 Å². The van der Waals surface area contributed by atoms with Gasteiger partial charge in [0.15, 0.2) is 0 Å². The molecule has 2 N–H and O–H groups in total. The van der Waals surface area contributed by atoms with Crippen LogP contribution in [0.1, 0.15) is 17.3 Å². The molecule has 1 aromatic carbocycles. The molecule has 0 spiro atoms. The number of amides is 1. The molecule has 104 valence electrons. The van der Waals surface area contributed by atoms with Crippen molar-refractivity contribution in [1.82, 2.24) is 4.90 Å². The van der Waals surface area contributed by atoms with E-state index in [0.717, 1.165) is 12.1 Å². The third-order valence-electron chi connectivity index (χ3n) is 3.21. The van der Waals surface area contributed by atoms with E-state index in [-0.39, 0.29) is 25.2 Å². The summed E-state index contributed by atoms with van der Waals surface area (Å²) in [5.74, 6) is -2.37. The molecule has 19 heavy (non-hydrogen) atoms. The Morgan fingerprint density at radius 2 is 2.11 bits per heavy atom. The molecule has 0 radical (unpaired) electrons. The number of carbonyl (C=O) groups is 1. The van der Waals surface area contributed by atoms with Gasteiger partial charge in [0.1, 0.15) is 17.2 Å². The first-order chi connectivity index (χ1) is 9.04. The number of nitrogens with zero attached hydrogens (tertiary/aromatic N) is 1. The summed E-state index contributed by atoms with van der Waals surface area (Å²) in [5.41, 5.74) is 4.98. The Labute approximate surface area is 110 Å². The molecule has 1 saturated heterocycles. The molecule has 2 rings (SSSR count). The van der Waals surface area contributed by atoms with E-state index in [2.05, 4.69) is 0 Å². The van der Waals surface area contributed by atoms with E-state index in [4.69, 9.17) is 10.5 Å². The monoisotopic (exact) mass is 270 g/mol. The molecule has 0 bridgehead atoms. The second-order valence-corrected chi connectivity index (χ2v) is 4.59. The van der Waals surface area contributed by atoms with E-state index in [1.807, 2.05) is 0 Å². The molecule has 1 aliphatic heterocycles. The van der Waals surface area contributed by atoms with Crippen LogP contribution in [-0.2, 0) is 4.74 Å². The van der Waals surface area contributed by atoms with E-state index < -0.39 is 23.1 Å². The number of halogens is 2. The van der Waals surface area contributed by atoms with Crippen molar-refractivity contribution in [3.05, 3.63) is 35.4 Å². The van der Waals surface area contributed by atoms with Gasteiger partial charge >= 0.3 is 0 Å². The molecule has 1 amide bonds. The van der Waals surface area contributed by atoms with Crippen LogP contribution < -0.4 is 5.73 Å². The molecular weight excluding hydrogens is 254 g/mol. The van der Waals surface area contributed by atoms with Gasteiger partial charge < -0.3 is 15.4 Å². The number of carbonyl (C=O) groups excluding carboxylic acids is 1. The van der Waals surface area contributed by atoms with E-state index in [0.29, 0.717) is 6.61 Å². The van der Waals surface area contributed by atoms with E-state index >= 15 is 0 Å². The smallest absolute Gasteiger partial charge is 0.260 e. The lowest BCUT2D eigenvalue weighted by Crippen LogP contribution is -2.53. The fraction of sp³-hybridized carbons (Fsp3) is 0.462. The summed E-state index contributed by atoms with van der Waals surface area (Å²) in [7, 11) is 0. The number of hydrogen-bond acceptors (Lipinski definition) is 3. The normalized spacial score (nSPS) is 23.5. The Balaban J connectivity index is 2.27. The highest BCUT2D eigenvalue weighted by Gasteiger charge is 2.32. The number of nitrogens with two attached hydrogens (primary N) is 1. The number of hydrogen-bond donors (Lipinski definition) is 1. The minimum Gasteiger partial charge on any atom is -0.373 e. The molecule has 1 aliphatic rings. The molecule has 1 aromatic rings. The van der Waals surface area contributed by atoms with Crippen molar-refractivity contribution in [2.45, 2.75) is 19.1 Å². The molecule has 1 heterocycles. The van der Waals surface area contributed by atoms with Crippen LogP contribution in [0, 0.1) is 11.6 Å². The molecule has 0 aliphatic carbocycles. The fourth-order valence-electron chi connectivity index (χ4n) is 2.09. The predicted octanol–water partition coefficient (Wildman–Crippen LogP) is 1.15. The Morgan fingerprint density at radius 1 is 1.47 bits per heavy atom. The van der Waals surface area contributed by atoms with Gasteiger partial charge in [-0.2, -0.15) is 0 Å². The first kappa shape index (κ1) is 13.9. The van der Waals surface area contributed by atoms with Crippen molar-refractivity contribution < 1.29 is 18.3 Å². The third kappa shape index (κ3) is 2.74. The molecule has 0 aromatic heterocycles. The largest absolute Gasteiger partial charge is 0.373 e. The van der Waals surface area contributed by atoms with Crippen LogP contribution in [0.5, 0.6) is 0 Å². The zero-order valence-corrected chi connectivity index (χ0v) is 10.6. The summed E-state index contributed by atoms with van der Waals surface area (Å²) < 4.78 is 32.6. The third-order valence-corrected chi connectivity index (χ3v) is 3.21. The van der Waals surface area contributed by atoms with Gasteiger partial charge in [-0.25, -0.2) is 8.78 Å². The Kier molecular flexibility index (Phi) is 4.11. The van der Waals surface area contributed by atoms with E-state index in [1.54, 1.807) is 6.92 Å². The highest BCUT2D eigenvalue weighted by atomic mass is 19.1. The number of benzene rings is 1. The summed E-state index contributed by atoms with van der Waals surface area (Å²) >= 11 is 0. The van der Waals surface area contributed by atoms with Gasteiger partial charge in [-0.15, -0.1) is 0 Å². The molecule has 2 unspecified atom stereocenters. The maximum atomic E-state index is 13.6. The average Bonchev–Trinajstić information content (AvgIpc) is 2.39. The lowest BCUT2D eigenvalue weighted by Gasteiger charge is -2.37. The first-order valence-corrected chi connectivity index (χ1v) is 6.11. The molecule has 0 saturated carbocycles. The second-order valence-electron chi connectivity index (χ2n) is 4.59. The summed E-state index contributed by atoms with van der Waals surface area (Å²) in [4.78, 5) is 13.7. The number of rotatable bonds is 2. The van der Waals surface area contributed by atoms with Gasteiger partial charge in [0.25, 0.3) is 5.91 Å². The van der Waals surface area contributed by atoms with E-state index in [1.165, 1.54) is 11.0 Å². The summed E-state index contributed by atoms with van der Waals surface area (Å²) in [6, 6.07) is 3.13. The predicted molar refractivity (Wildman–Crippen MR) is 65.7 cm³/mol. The van der Waals surface area contributed by atoms with Gasteiger partial charge in [0.2, 0.25) is 0 Å². The lowest BCUT2D eigenvalue weighted by atomic mass is 10.1. The minimum absolute atomic E-state index is 0.240. The summed E-state index contributed by atoms with van der Waals surface area (Å²) in [6.45, 7) is 2.58. The van der Waals surface area contributed by atoms with Gasteiger partial charge in [0.05, 0.1) is 18.8 Å². The Bertz CT molecular complexity index is 461. The second kappa shape index (κ2) is 5.63. The topological polar surface area (TPSA) is 55.6 Å². The highest BCUT2D eigenvalue weighted by Crippen LogP contribution is 2.19. The maximum absolute atomic E-state index is 13.6. The van der Waals surface area contributed by atoms with Crippen molar-refractivity contribution in [1.29, 1.82) is 0 Å². The molecule has 6 heteroatoms. The Hall–Kier alpha value is -1.53. The maximum Gasteiger partial charge on any atom is 0.260 e. The van der Waals surface area contributed by atoms with Crippen molar-refractivity contribution >= 4 is 5.91 Å². The van der Waals surface area contributed by atoms with Crippen molar-refractivity contribution in [2.24, 2.45) is 5.73 Å². The van der Waals surface area contributed by atoms with Crippen LogP contribution in [0.15, 0.2) is 18.2 Å². The summed E-state index contributed by atoms with van der Waals surface area (Å²) in [5, 5.41) is 0. The van der Waals surface area contributed by atoms with Crippen LogP contribution in [-0.4, -0.2) is 42.6 Å². The molecule has 1 fully saturated rings. The quantitative estimate of drug-likeness (QED) is 0.877. The van der Waals surface area contributed by atoms with Crippen molar-refractivity contribution in [3.8, 4) is 0 Å². The molecule has 2 atom stereocenters. The van der Waals surface area contributed by atoms with Crippen LogP contribution in [0.2, 0.25) is 0 Å². The zero-order chi connectivity index (χ0) is 14.0. The minimum atomic E-state index is -0.854. The van der Waals surface area contributed by atoms with Crippen LogP contribution in [0.25, 0.3) is 0 Å². The number of morpholine rings is 1. The fourth-order valence-corrected chi connectivity index (χ4v) is 2.09. The van der Waals surface area contributed by atoms with Crippen molar-refractivity contribution in [3.63, 3.8) is 0 Å². The van der Waals surface area contributed by atoms with Gasteiger partial charge in [0, 0.05) is 13.1 Å². The van der Waals surface area contributed by atoms with Gasteiger partial charge in [-0.05, 0) is 19.1 Å². The lowest BCUT2D eigenvalue weighted by molar-refractivity contribution is -0.0428. The average molecular weight is 270 g/mol. The van der Waals surface area contributed by atoms with Crippen LogP contribution in [0.4, 0.5) is 8.78 Å². The van der Waals surface area contributed by atoms with Gasteiger partial charge in [-0.1, -0.05) is 6.07 Å². The summed E-state index contributed by atoms with van der Waals surface area (Å²) in [6.07, 6.45) is -0.296. The number of ether oxygens (including phenoxy) is 1. The van der Waals surface area contributed by atoms with Gasteiger partial charge in [-0.3, -0.25) is 4.79 Å². The van der Waals surface area contributed by atoms with Crippen molar-refractivity contribution in [2.75, 3.05) is 19.7 Å². The standard InChI is InChI=1S/C13H16F2N2O2/c1-8-7-19-9(5-16)6-17(8)13(18)12-10(14)3-2-4-11(12)15/h2-4,8-9H,5-7,16H2,1H3. The van der Waals surface area contributed by atoms with E-state index in [9.17, 15) is 13.6 Å². The first-order valence-electron chi connectivity index (χ1n) is 6.11. The highest BCUT2D eigenvalue weighted by molar-refractivity contribution is 5.95. The molecular formula is C13H16F2N2O2. The van der Waals surface area contributed by atoms with Crippen LogP contribution in [0.3, 0.4) is 0 Å². The SMILES string of the molecule is CC1COC(CN)CN1C(=O)c1c(F)cccc1F.